The Morgan fingerprint density at radius 1 is 0.119 bits per heavy atom. The zero-order chi connectivity index (χ0) is 87.9. The highest BCUT2D eigenvalue weighted by Crippen LogP contribution is 2.36. The minimum Gasteiger partial charge on any atom is -0.456 e. The molecule has 6 nitrogen and oxygen atoms in total. The van der Waals surface area contributed by atoms with Crippen molar-refractivity contribution in [2.24, 2.45) is 0 Å². The lowest BCUT2D eigenvalue weighted by molar-refractivity contribution is 0.665. The van der Waals surface area contributed by atoms with Crippen LogP contribution in [-0.2, 0) is 0 Å². The number of benzene rings is 18. The lowest BCUT2D eigenvalue weighted by Crippen LogP contribution is -1.72. The average molecular weight is 1650 g/mol. The fraction of sp³-hybridized carbons (Fsp3) is 0.100. The predicted molar refractivity (Wildman–Crippen MR) is 538 cm³/mol. The van der Waals surface area contributed by atoms with E-state index in [2.05, 4.69) is 265 Å². The summed E-state index contributed by atoms with van der Waals surface area (Å²) in [5, 5.41) is 14.5. The van der Waals surface area contributed by atoms with E-state index in [1.807, 2.05) is 255 Å². The largest absolute Gasteiger partial charge is 0.456 e. The second-order valence-corrected chi connectivity index (χ2v) is 31.4. The zero-order valence-corrected chi connectivity index (χ0v) is 74.0. The quantitative estimate of drug-likeness (QED) is 0.151. The Labute approximate surface area is 739 Å². The van der Waals surface area contributed by atoms with Crippen molar-refractivity contribution in [3.05, 3.63) is 504 Å². The van der Waals surface area contributed by atoms with E-state index in [1.165, 1.54) is 131 Å². The smallest absolute Gasteiger partial charge is 0.138 e. The summed E-state index contributed by atoms with van der Waals surface area (Å²) in [5.74, 6) is 0. The second-order valence-electron chi connectivity index (χ2n) is 31.4. The van der Waals surface area contributed by atoms with Crippen LogP contribution < -0.4 is 0 Å². The summed E-state index contributed by atoms with van der Waals surface area (Å²) in [4.78, 5) is 0. The maximum absolute atomic E-state index is 5.78. The van der Waals surface area contributed by atoms with Crippen LogP contribution in [0.2, 0.25) is 0 Å². The van der Waals surface area contributed by atoms with Gasteiger partial charge in [-0.25, -0.2) is 0 Å². The first kappa shape index (κ1) is 88.5. The van der Waals surface area contributed by atoms with Crippen molar-refractivity contribution in [3.8, 4) is 0 Å². The van der Waals surface area contributed by atoms with Crippen LogP contribution >= 0.6 is 0 Å². The van der Waals surface area contributed by atoms with Gasteiger partial charge in [-0.1, -0.05) is 402 Å². The highest BCUT2D eigenvalue weighted by atomic mass is 16.3. The molecule has 624 valence electrons. The van der Waals surface area contributed by atoms with E-state index in [9.17, 15) is 0 Å². The van der Waals surface area contributed by atoms with Crippen LogP contribution in [0.5, 0.6) is 0 Å². The van der Waals surface area contributed by atoms with Gasteiger partial charge in [-0.2, -0.15) is 0 Å². The van der Waals surface area contributed by atoms with Crippen LogP contribution in [0.1, 0.15) is 66.8 Å². The molecule has 0 aliphatic heterocycles. The van der Waals surface area contributed by atoms with Gasteiger partial charge in [0.25, 0.3) is 0 Å². The number of aryl methyl sites for hydroxylation is 12. The van der Waals surface area contributed by atoms with Crippen molar-refractivity contribution in [2.75, 3.05) is 0 Å². The maximum atomic E-state index is 5.78. The lowest BCUT2D eigenvalue weighted by atomic mass is 10.1. The van der Waals surface area contributed by atoms with E-state index in [0.717, 1.165) is 67.0 Å². The van der Waals surface area contributed by atoms with E-state index in [0.29, 0.717) is 0 Å². The molecule has 126 heavy (non-hydrogen) atoms. The molecule has 0 aliphatic carbocycles. The van der Waals surface area contributed by atoms with E-state index < -0.39 is 0 Å². The van der Waals surface area contributed by atoms with Crippen LogP contribution in [0.15, 0.2) is 463 Å². The first-order valence-electron chi connectivity index (χ1n) is 42.8. The van der Waals surface area contributed by atoms with Gasteiger partial charge < -0.3 is 26.5 Å². The molecule has 0 spiro atoms. The molecular weight excluding hydrogens is 1540 g/mol. The molecule has 0 saturated carbocycles. The van der Waals surface area contributed by atoms with E-state index in [-0.39, 0.29) is 0 Å². The van der Waals surface area contributed by atoms with E-state index >= 15 is 0 Å². The van der Waals surface area contributed by atoms with Crippen LogP contribution in [0.25, 0.3) is 132 Å². The van der Waals surface area contributed by atoms with Crippen molar-refractivity contribution in [1.29, 1.82) is 0 Å². The molecule has 0 bridgehead atoms. The zero-order valence-electron chi connectivity index (χ0n) is 74.0. The van der Waals surface area contributed by atoms with Crippen molar-refractivity contribution in [3.63, 3.8) is 0 Å². The highest BCUT2D eigenvalue weighted by Gasteiger charge is 2.12. The number of hydrogen-bond acceptors (Lipinski definition) is 6. The third-order valence-corrected chi connectivity index (χ3v) is 21.1. The third kappa shape index (κ3) is 24.3. The summed E-state index contributed by atoms with van der Waals surface area (Å²) < 4.78 is 34.4. The Morgan fingerprint density at radius 3 is 0.667 bits per heavy atom. The fourth-order valence-corrected chi connectivity index (χ4v) is 14.5. The Balaban J connectivity index is 0.000000119. The third-order valence-electron chi connectivity index (χ3n) is 21.1. The predicted octanol–water partition coefficient (Wildman–Crippen LogP) is 35.3. The summed E-state index contributed by atoms with van der Waals surface area (Å²) in [6, 6.07) is 148. The Morgan fingerprint density at radius 2 is 0.333 bits per heavy atom. The minimum absolute atomic E-state index is 0.966. The molecule has 6 heterocycles. The Bertz CT molecular complexity index is 6910. The number of para-hydroxylation sites is 7. The minimum atomic E-state index is 0.966. The molecule has 0 unspecified atom stereocenters. The molecule has 0 radical (unpaired) electrons. The van der Waals surface area contributed by atoms with Gasteiger partial charge in [0.15, 0.2) is 0 Å². The number of furan rings is 6. The highest BCUT2D eigenvalue weighted by molar-refractivity contribution is 6.10. The normalized spacial score (nSPS) is 10.4. The van der Waals surface area contributed by atoms with Crippen LogP contribution in [0.3, 0.4) is 0 Å². The topological polar surface area (TPSA) is 78.8 Å². The summed E-state index contributed by atoms with van der Waals surface area (Å²) in [6.07, 6.45) is 0. The van der Waals surface area contributed by atoms with Gasteiger partial charge in [-0.15, -0.1) is 0 Å². The molecular formula is C120H108O6. The first-order valence-corrected chi connectivity index (χ1v) is 42.8. The summed E-state index contributed by atoms with van der Waals surface area (Å²) in [5.41, 5.74) is 27.1. The van der Waals surface area contributed by atoms with Crippen LogP contribution in [0, 0.1) is 83.1 Å². The van der Waals surface area contributed by atoms with E-state index in [1.54, 1.807) is 0 Å². The molecule has 0 atom stereocenters. The Hall–Kier alpha value is -15.2. The maximum Gasteiger partial charge on any atom is 0.138 e. The van der Waals surface area contributed by atoms with Crippen LogP contribution in [0.4, 0.5) is 0 Å². The number of rotatable bonds is 0. The number of hydrogen-bond donors (Lipinski definition) is 0. The van der Waals surface area contributed by atoms with Crippen molar-refractivity contribution < 1.29 is 26.5 Å². The van der Waals surface area contributed by atoms with Gasteiger partial charge in [0.2, 0.25) is 0 Å². The SMILES string of the molecule is Cc1ccc2c(c1)oc1ccccc12.Cc1ccc2oc3ccccc3c2c1.Cc1ccc2oc3ccccc3c2c1.Cc1cccc2c1oc1ccccc12.Cc1cccc2oc3ccccc3c12.Cc1cccc2oc3ccccc3c12.Cc1ccccc1.Cc1ccccc1.Cc1ccccc1.Cc1ccccc1.Cc1ccccc1.Cc1ccccc1. The lowest BCUT2D eigenvalue weighted by Gasteiger charge is -1.93. The van der Waals surface area contributed by atoms with Crippen molar-refractivity contribution in [2.45, 2.75) is 83.1 Å². The first-order chi connectivity index (χ1) is 61.5. The Kier molecular flexibility index (Phi) is 31.3. The molecule has 0 aliphatic rings. The molecule has 0 saturated heterocycles. The molecule has 24 rings (SSSR count). The van der Waals surface area contributed by atoms with Gasteiger partial charge in [0, 0.05) is 64.6 Å². The van der Waals surface area contributed by atoms with Crippen LogP contribution in [-0.4, -0.2) is 0 Å². The molecule has 6 aromatic heterocycles. The molecule has 24 aromatic rings. The van der Waals surface area contributed by atoms with Gasteiger partial charge in [-0.05, 0) is 184 Å². The summed E-state index contributed by atoms with van der Waals surface area (Å²) in [7, 11) is 0. The van der Waals surface area contributed by atoms with Gasteiger partial charge >= 0.3 is 0 Å². The van der Waals surface area contributed by atoms with Crippen molar-refractivity contribution in [1.82, 2.24) is 0 Å². The molecule has 6 heteroatoms. The van der Waals surface area contributed by atoms with Gasteiger partial charge in [-0.3, -0.25) is 0 Å². The molecule has 0 fully saturated rings. The summed E-state index contributed by atoms with van der Waals surface area (Å²) >= 11 is 0. The van der Waals surface area contributed by atoms with Crippen molar-refractivity contribution >= 4 is 132 Å². The molecule has 0 N–H and O–H groups in total. The molecule has 0 amide bonds. The summed E-state index contributed by atoms with van der Waals surface area (Å²) in [6.45, 7) is 25.1. The standard InChI is InChI=1S/6C13H10O.6C7H8/c1-9-5-4-7-11-10-6-2-3-8-12(10)14-13(9)11;2*1-9-5-4-8-12-13(9)10-6-2-3-7-11(10)14-12;2*1-9-6-7-13-11(8-9)10-4-2-3-5-12(10)14-13;1-9-6-7-11-10-4-2-3-5-12(10)14-13(11)8-9;6*1-7-5-3-2-4-6-7/h6*2-8H,1H3;6*2-6H,1H3. The second kappa shape index (κ2) is 44.5. The number of fused-ring (bicyclic) bond motifs is 18. The van der Waals surface area contributed by atoms with Gasteiger partial charge in [0.1, 0.15) is 67.0 Å². The van der Waals surface area contributed by atoms with E-state index in [4.69, 9.17) is 26.5 Å². The monoisotopic (exact) mass is 1640 g/mol. The van der Waals surface area contributed by atoms with Gasteiger partial charge in [0.05, 0.1) is 0 Å². The molecule has 18 aromatic carbocycles. The average Bonchev–Trinajstić information content (AvgIpc) is 1.66. The fourth-order valence-electron chi connectivity index (χ4n) is 14.5.